The first-order chi connectivity index (χ1) is 8.10. The highest BCUT2D eigenvalue weighted by molar-refractivity contribution is 5.76. The molecule has 0 aromatic carbocycles. The maximum atomic E-state index is 12.2. The van der Waals surface area contributed by atoms with E-state index < -0.39 is 0 Å². The molecular formula is C14H28N2O. The molecule has 17 heavy (non-hydrogen) atoms. The van der Waals surface area contributed by atoms with E-state index >= 15 is 0 Å². The number of nitrogens with two attached hydrogens (primary N) is 1. The predicted molar refractivity (Wildman–Crippen MR) is 71.6 cm³/mol. The summed E-state index contributed by atoms with van der Waals surface area (Å²) in [5.74, 6) is 1.27. The molecule has 1 rings (SSSR count). The summed E-state index contributed by atoms with van der Waals surface area (Å²) in [4.78, 5) is 14.3. The maximum Gasteiger partial charge on any atom is 0.223 e. The molecule has 0 aliphatic heterocycles. The second-order valence-electron chi connectivity index (χ2n) is 5.63. The third-order valence-electron chi connectivity index (χ3n) is 3.82. The summed E-state index contributed by atoms with van der Waals surface area (Å²) in [5, 5.41) is 0. The van der Waals surface area contributed by atoms with Crippen LogP contribution in [0, 0.1) is 11.8 Å². The van der Waals surface area contributed by atoms with Crippen LogP contribution < -0.4 is 5.73 Å². The number of amides is 1. The van der Waals surface area contributed by atoms with Gasteiger partial charge in [-0.2, -0.15) is 0 Å². The first-order valence-electron chi connectivity index (χ1n) is 7.09. The van der Waals surface area contributed by atoms with Gasteiger partial charge in [-0.1, -0.05) is 26.7 Å². The van der Waals surface area contributed by atoms with Gasteiger partial charge in [0, 0.05) is 19.0 Å². The van der Waals surface area contributed by atoms with Gasteiger partial charge >= 0.3 is 0 Å². The Morgan fingerprint density at radius 1 is 1.35 bits per heavy atom. The molecule has 0 heterocycles. The number of carbonyl (C=O) groups is 1. The van der Waals surface area contributed by atoms with Crippen LogP contribution >= 0.6 is 0 Å². The predicted octanol–water partition coefficient (Wildman–Crippen LogP) is 2.40. The number of hydrogen-bond donors (Lipinski definition) is 1. The SMILES string of the molecule is CCN(C(=O)CC(C)C)C1CCCCC1CN. The van der Waals surface area contributed by atoms with Crippen LogP contribution in [0.3, 0.4) is 0 Å². The summed E-state index contributed by atoms with van der Waals surface area (Å²) in [5.41, 5.74) is 5.85. The fourth-order valence-electron chi connectivity index (χ4n) is 2.94. The van der Waals surface area contributed by atoms with E-state index in [-0.39, 0.29) is 0 Å². The highest BCUT2D eigenvalue weighted by Gasteiger charge is 2.31. The van der Waals surface area contributed by atoms with Crippen molar-refractivity contribution in [3.05, 3.63) is 0 Å². The molecule has 2 atom stereocenters. The van der Waals surface area contributed by atoms with E-state index in [4.69, 9.17) is 5.73 Å². The number of carbonyl (C=O) groups excluding carboxylic acids is 1. The zero-order valence-corrected chi connectivity index (χ0v) is 11.6. The quantitative estimate of drug-likeness (QED) is 0.802. The van der Waals surface area contributed by atoms with Gasteiger partial charge < -0.3 is 10.6 Å². The lowest BCUT2D eigenvalue weighted by Gasteiger charge is -2.39. The summed E-state index contributed by atoms with van der Waals surface area (Å²) < 4.78 is 0. The lowest BCUT2D eigenvalue weighted by molar-refractivity contribution is -0.135. The lowest BCUT2D eigenvalue weighted by Crippen LogP contribution is -2.48. The van der Waals surface area contributed by atoms with Crippen molar-refractivity contribution in [2.75, 3.05) is 13.1 Å². The van der Waals surface area contributed by atoms with Crippen LogP contribution in [0.15, 0.2) is 0 Å². The van der Waals surface area contributed by atoms with Crippen LogP contribution in [0.25, 0.3) is 0 Å². The van der Waals surface area contributed by atoms with Gasteiger partial charge in [0.15, 0.2) is 0 Å². The maximum absolute atomic E-state index is 12.2. The Balaban J connectivity index is 2.66. The molecule has 0 aromatic rings. The van der Waals surface area contributed by atoms with Gasteiger partial charge in [0.1, 0.15) is 0 Å². The highest BCUT2D eigenvalue weighted by atomic mass is 16.2. The van der Waals surface area contributed by atoms with Gasteiger partial charge in [-0.15, -0.1) is 0 Å². The summed E-state index contributed by atoms with van der Waals surface area (Å²) in [6.45, 7) is 7.84. The van der Waals surface area contributed by atoms with Crippen molar-refractivity contribution in [1.82, 2.24) is 4.90 Å². The second kappa shape index (κ2) is 7.00. The zero-order chi connectivity index (χ0) is 12.8. The fourth-order valence-corrected chi connectivity index (χ4v) is 2.94. The van der Waals surface area contributed by atoms with Gasteiger partial charge in [0.2, 0.25) is 5.91 Å². The molecule has 0 saturated heterocycles. The van der Waals surface area contributed by atoms with Gasteiger partial charge in [-0.05, 0) is 38.1 Å². The summed E-state index contributed by atoms with van der Waals surface area (Å²) in [7, 11) is 0. The molecule has 2 unspecified atom stereocenters. The minimum absolute atomic E-state index is 0.313. The minimum Gasteiger partial charge on any atom is -0.340 e. The Hall–Kier alpha value is -0.570. The first-order valence-corrected chi connectivity index (χ1v) is 7.09. The average Bonchev–Trinajstić information content (AvgIpc) is 2.29. The second-order valence-corrected chi connectivity index (χ2v) is 5.63. The molecule has 2 N–H and O–H groups in total. The Morgan fingerprint density at radius 3 is 2.53 bits per heavy atom. The van der Waals surface area contributed by atoms with E-state index in [9.17, 15) is 4.79 Å². The number of nitrogens with zero attached hydrogens (tertiary/aromatic N) is 1. The minimum atomic E-state index is 0.313. The third kappa shape index (κ3) is 3.98. The highest BCUT2D eigenvalue weighted by Crippen LogP contribution is 2.28. The van der Waals surface area contributed by atoms with E-state index in [0.29, 0.717) is 30.2 Å². The van der Waals surface area contributed by atoms with Crippen molar-refractivity contribution in [2.45, 2.75) is 58.9 Å². The van der Waals surface area contributed by atoms with Gasteiger partial charge in [-0.25, -0.2) is 0 Å². The van der Waals surface area contributed by atoms with E-state index in [1.165, 1.54) is 19.3 Å². The normalized spacial score (nSPS) is 25.0. The van der Waals surface area contributed by atoms with Gasteiger partial charge in [0.05, 0.1) is 0 Å². The summed E-state index contributed by atoms with van der Waals surface area (Å²) >= 11 is 0. The number of hydrogen-bond acceptors (Lipinski definition) is 2. The molecule has 0 spiro atoms. The third-order valence-corrected chi connectivity index (χ3v) is 3.82. The Labute approximate surface area is 106 Å². The van der Waals surface area contributed by atoms with Crippen molar-refractivity contribution in [3.63, 3.8) is 0 Å². The molecular weight excluding hydrogens is 212 g/mol. The van der Waals surface area contributed by atoms with Crippen molar-refractivity contribution in [2.24, 2.45) is 17.6 Å². The summed E-state index contributed by atoms with van der Waals surface area (Å²) in [6.07, 6.45) is 5.51. The standard InChI is InChI=1S/C14H28N2O/c1-4-16(14(17)9-11(2)3)13-8-6-5-7-12(13)10-15/h11-13H,4-10,15H2,1-3H3. The van der Waals surface area contributed by atoms with Crippen molar-refractivity contribution >= 4 is 5.91 Å². The van der Waals surface area contributed by atoms with Crippen LogP contribution in [-0.4, -0.2) is 29.9 Å². The summed E-state index contributed by atoms with van der Waals surface area (Å²) in [6, 6.07) is 0.394. The molecule has 100 valence electrons. The Morgan fingerprint density at radius 2 is 2.00 bits per heavy atom. The average molecular weight is 240 g/mol. The molecule has 1 saturated carbocycles. The van der Waals surface area contributed by atoms with Crippen molar-refractivity contribution in [3.8, 4) is 0 Å². The van der Waals surface area contributed by atoms with Crippen LogP contribution in [0.1, 0.15) is 52.9 Å². The zero-order valence-electron chi connectivity index (χ0n) is 11.6. The van der Waals surface area contributed by atoms with Crippen LogP contribution in [0.4, 0.5) is 0 Å². The largest absolute Gasteiger partial charge is 0.340 e. The van der Waals surface area contributed by atoms with Gasteiger partial charge in [-0.3, -0.25) is 4.79 Å². The molecule has 0 radical (unpaired) electrons. The van der Waals surface area contributed by atoms with Crippen LogP contribution in [0.2, 0.25) is 0 Å². The molecule has 0 aromatic heterocycles. The van der Waals surface area contributed by atoms with E-state index in [1.54, 1.807) is 0 Å². The molecule has 1 aliphatic carbocycles. The Bertz CT molecular complexity index is 240. The van der Waals surface area contributed by atoms with E-state index in [0.717, 1.165) is 19.5 Å². The van der Waals surface area contributed by atoms with Crippen LogP contribution in [-0.2, 0) is 4.79 Å². The molecule has 1 fully saturated rings. The van der Waals surface area contributed by atoms with Crippen molar-refractivity contribution in [1.29, 1.82) is 0 Å². The van der Waals surface area contributed by atoms with Gasteiger partial charge in [0.25, 0.3) is 0 Å². The lowest BCUT2D eigenvalue weighted by atomic mass is 9.83. The van der Waals surface area contributed by atoms with E-state index in [1.807, 2.05) is 0 Å². The molecule has 3 heteroatoms. The van der Waals surface area contributed by atoms with Crippen LogP contribution in [0.5, 0.6) is 0 Å². The fraction of sp³-hybridized carbons (Fsp3) is 0.929. The molecule has 3 nitrogen and oxygen atoms in total. The first kappa shape index (κ1) is 14.5. The monoisotopic (exact) mass is 240 g/mol. The smallest absolute Gasteiger partial charge is 0.223 e. The van der Waals surface area contributed by atoms with Crippen molar-refractivity contribution < 1.29 is 4.79 Å². The Kier molecular flexibility index (Phi) is 5.96. The number of rotatable bonds is 5. The topological polar surface area (TPSA) is 46.3 Å². The molecule has 0 bridgehead atoms. The van der Waals surface area contributed by atoms with E-state index in [2.05, 4.69) is 25.7 Å². The molecule has 1 amide bonds. The molecule has 1 aliphatic rings.